The Hall–Kier alpha value is -1.20. The second-order valence-corrected chi connectivity index (χ2v) is 5.83. The van der Waals surface area contributed by atoms with Crippen LogP contribution in [0.1, 0.15) is 50.5 Å². The number of nitrogens with one attached hydrogen (secondary N) is 1. The fourth-order valence-electron chi connectivity index (χ4n) is 3.12. The summed E-state index contributed by atoms with van der Waals surface area (Å²) >= 11 is 0. The first kappa shape index (κ1) is 16.2. The van der Waals surface area contributed by atoms with Crippen molar-refractivity contribution in [2.24, 2.45) is 0 Å². The van der Waals surface area contributed by atoms with E-state index in [1.165, 1.54) is 32.1 Å². The van der Waals surface area contributed by atoms with Crippen molar-refractivity contribution in [2.45, 2.75) is 58.5 Å². The molecule has 0 aromatic carbocycles. The van der Waals surface area contributed by atoms with Gasteiger partial charge in [-0.3, -0.25) is 4.90 Å². The molecule has 0 aliphatic heterocycles. The van der Waals surface area contributed by atoms with Crippen molar-refractivity contribution in [3.63, 3.8) is 0 Å². The topological polar surface area (TPSA) is 61.3 Å². The van der Waals surface area contributed by atoms with Gasteiger partial charge >= 0.3 is 0 Å². The lowest BCUT2D eigenvalue weighted by Gasteiger charge is -2.33. The summed E-state index contributed by atoms with van der Waals surface area (Å²) in [6, 6.07) is 2.54. The number of anilines is 1. The minimum Gasteiger partial charge on any atom is -0.395 e. The van der Waals surface area contributed by atoms with Crippen molar-refractivity contribution in [3.05, 3.63) is 17.6 Å². The Bertz CT molecular complexity index is 432. The van der Waals surface area contributed by atoms with Gasteiger partial charge in [0.15, 0.2) is 0 Å². The van der Waals surface area contributed by atoms with Crippen LogP contribution in [0.5, 0.6) is 0 Å². The lowest BCUT2D eigenvalue weighted by atomic mass is 9.94. The van der Waals surface area contributed by atoms with Crippen LogP contribution in [0.2, 0.25) is 0 Å². The van der Waals surface area contributed by atoms with E-state index < -0.39 is 0 Å². The lowest BCUT2D eigenvalue weighted by Crippen LogP contribution is -2.38. The SMILES string of the molecule is CCNc1cc(C)nc(CN(CCO)C2CCCCC2)n1. The summed E-state index contributed by atoms with van der Waals surface area (Å²) in [5.41, 5.74) is 0.989. The van der Waals surface area contributed by atoms with Gasteiger partial charge in [0.2, 0.25) is 0 Å². The highest BCUT2D eigenvalue weighted by atomic mass is 16.3. The Morgan fingerprint density at radius 2 is 2.05 bits per heavy atom. The third-order valence-corrected chi connectivity index (χ3v) is 4.08. The first-order chi connectivity index (χ1) is 10.2. The van der Waals surface area contributed by atoms with Gasteiger partial charge in [0, 0.05) is 30.9 Å². The molecule has 1 aliphatic carbocycles. The van der Waals surface area contributed by atoms with Crippen LogP contribution < -0.4 is 5.32 Å². The predicted octanol–water partition coefficient (Wildman–Crippen LogP) is 2.34. The highest BCUT2D eigenvalue weighted by Gasteiger charge is 2.21. The first-order valence-electron chi connectivity index (χ1n) is 8.16. The van der Waals surface area contributed by atoms with E-state index in [1.807, 2.05) is 13.0 Å². The van der Waals surface area contributed by atoms with Gasteiger partial charge in [-0.2, -0.15) is 0 Å². The van der Waals surface area contributed by atoms with Crippen molar-refractivity contribution in [2.75, 3.05) is 25.0 Å². The molecule has 0 bridgehead atoms. The Labute approximate surface area is 127 Å². The monoisotopic (exact) mass is 292 g/mol. The molecular formula is C16H28N4O. The molecule has 1 aromatic heterocycles. The number of aliphatic hydroxyl groups excluding tert-OH is 1. The van der Waals surface area contributed by atoms with Crippen molar-refractivity contribution in [3.8, 4) is 0 Å². The van der Waals surface area contributed by atoms with E-state index in [4.69, 9.17) is 0 Å². The summed E-state index contributed by atoms with van der Waals surface area (Å²) in [6.07, 6.45) is 6.39. The molecule has 0 unspecified atom stereocenters. The van der Waals surface area contributed by atoms with Crippen LogP contribution in [0.15, 0.2) is 6.07 Å². The summed E-state index contributed by atoms with van der Waals surface area (Å²) in [5.74, 6) is 1.75. The van der Waals surface area contributed by atoms with E-state index in [2.05, 4.69) is 27.1 Å². The Morgan fingerprint density at radius 1 is 1.29 bits per heavy atom. The van der Waals surface area contributed by atoms with E-state index in [0.717, 1.165) is 30.4 Å². The molecule has 1 saturated carbocycles. The molecule has 5 nitrogen and oxygen atoms in total. The van der Waals surface area contributed by atoms with Crippen LogP contribution in [0.4, 0.5) is 5.82 Å². The molecule has 1 aromatic rings. The van der Waals surface area contributed by atoms with E-state index in [0.29, 0.717) is 12.6 Å². The number of aliphatic hydroxyl groups is 1. The molecular weight excluding hydrogens is 264 g/mol. The standard InChI is InChI=1S/C16H28N4O/c1-3-17-15-11-13(2)18-16(19-15)12-20(9-10-21)14-7-5-4-6-8-14/h11,14,21H,3-10,12H2,1-2H3,(H,17,18,19). The van der Waals surface area contributed by atoms with E-state index in [1.54, 1.807) is 0 Å². The number of rotatable bonds is 7. The second-order valence-electron chi connectivity index (χ2n) is 5.83. The van der Waals surface area contributed by atoms with Crippen LogP contribution in [-0.2, 0) is 6.54 Å². The molecule has 1 heterocycles. The summed E-state index contributed by atoms with van der Waals surface area (Å²) < 4.78 is 0. The van der Waals surface area contributed by atoms with Gasteiger partial charge < -0.3 is 10.4 Å². The molecule has 0 spiro atoms. The summed E-state index contributed by atoms with van der Waals surface area (Å²) in [4.78, 5) is 11.5. The zero-order chi connectivity index (χ0) is 15.1. The highest BCUT2D eigenvalue weighted by Crippen LogP contribution is 2.23. The molecule has 5 heteroatoms. The maximum absolute atomic E-state index is 9.34. The van der Waals surface area contributed by atoms with Gasteiger partial charge in [-0.05, 0) is 26.7 Å². The lowest BCUT2D eigenvalue weighted by molar-refractivity contribution is 0.114. The van der Waals surface area contributed by atoms with Gasteiger partial charge in [-0.1, -0.05) is 19.3 Å². The number of hydrogen-bond donors (Lipinski definition) is 2. The average Bonchev–Trinajstić information content (AvgIpc) is 2.47. The van der Waals surface area contributed by atoms with Crippen LogP contribution in [-0.4, -0.2) is 45.7 Å². The number of aryl methyl sites for hydroxylation is 1. The molecule has 1 aliphatic rings. The Kier molecular flexibility index (Phi) is 6.39. The van der Waals surface area contributed by atoms with Crippen LogP contribution in [0, 0.1) is 6.92 Å². The smallest absolute Gasteiger partial charge is 0.144 e. The summed E-state index contributed by atoms with van der Waals surface area (Å²) in [6.45, 7) is 6.56. The Balaban J connectivity index is 2.08. The zero-order valence-electron chi connectivity index (χ0n) is 13.3. The maximum atomic E-state index is 9.34. The predicted molar refractivity (Wildman–Crippen MR) is 85.3 cm³/mol. The second kappa shape index (κ2) is 8.29. The molecule has 0 amide bonds. The van der Waals surface area contributed by atoms with Crippen LogP contribution >= 0.6 is 0 Å². The minimum atomic E-state index is 0.197. The normalized spacial score (nSPS) is 16.4. The molecule has 0 radical (unpaired) electrons. The molecule has 118 valence electrons. The molecule has 2 N–H and O–H groups in total. The zero-order valence-corrected chi connectivity index (χ0v) is 13.3. The third-order valence-electron chi connectivity index (χ3n) is 4.08. The number of nitrogens with zero attached hydrogens (tertiary/aromatic N) is 3. The fraction of sp³-hybridized carbons (Fsp3) is 0.750. The van der Waals surface area contributed by atoms with Gasteiger partial charge in [-0.25, -0.2) is 9.97 Å². The summed E-state index contributed by atoms with van der Waals surface area (Å²) in [7, 11) is 0. The number of hydrogen-bond acceptors (Lipinski definition) is 5. The van der Waals surface area contributed by atoms with Crippen molar-refractivity contribution < 1.29 is 5.11 Å². The molecule has 0 atom stereocenters. The van der Waals surface area contributed by atoms with Crippen molar-refractivity contribution >= 4 is 5.82 Å². The highest BCUT2D eigenvalue weighted by molar-refractivity contribution is 5.35. The van der Waals surface area contributed by atoms with Crippen molar-refractivity contribution in [1.82, 2.24) is 14.9 Å². The van der Waals surface area contributed by atoms with Crippen molar-refractivity contribution in [1.29, 1.82) is 0 Å². The van der Waals surface area contributed by atoms with Gasteiger partial charge in [-0.15, -0.1) is 0 Å². The van der Waals surface area contributed by atoms with Gasteiger partial charge in [0.1, 0.15) is 11.6 Å². The largest absolute Gasteiger partial charge is 0.395 e. The van der Waals surface area contributed by atoms with Crippen LogP contribution in [0.25, 0.3) is 0 Å². The first-order valence-corrected chi connectivity index (χ1v) is 8.16. The quantitative estimate of drug-likeness (QED) is 0.808. The molecule has 21 heavy (non-hydrogen) atoms. The van der Waals surface area contributed by atoms with Crippen LogP contribution in [0.3, 0.4) is 0 Å². The fourth-order valence-corrected chi connectivity index (χ4v) is 3.12. The van der Waals surface area contributed by atoms with Gasteiger partial charge in [0.25, 0.3) is 0 Å². The molecule has 0 saturated heterocycles. The van der Waals surface area contributed by atoms with E-state index >= 15 is 0 Å². The molecule has 2 rings (SSSR count). The minimum absolute atomic E-state index is 0.197. The summed E-state index contributed by atoms with van der Waals surface area (Å²) in [5, 5.41) is 12.6. The van der Waals surface area contributed by atoms with Gasteiger partial charge in [0.05, 0.1) is 13.2 Å². The average molecular weight is 292 g/mol. The Morgan fingerprint density at radius 3 is 2.71 bits per heavy atom. The number of aromatic nitrogens is 2. The van der Waals surface area contributed by atoms with E-state index in [9.17, 15) is 5.11 Å². The molecule has 1 fully saturated rings. The third kappa shape index (κ3) is 4.93. The maximum Gasteiger partial charge on any atom is 0.144 e. The van der Waals surface area contributed by atoms with E-state index in [-0.39, 0.29) is 6.61 Å².